The number of halogens is 2. The first-order chi connectivity index (χ1) is 20.2. The van der Waals surface area contributed by atoms with Crippen LogP contribution in [0.4, 0.5) is 0 Å². The lowest BCUT2D eigenvalue weighted by molar-refractivity contribution is -0.146. The molecule has 3 atom stereocenters. The molecule has 0 radical (unpaired) electrons. The van der Waals surface area contributed by atoms with Crippen molar-refractivity contribution in [1.82, 2.24) is 24.4 Å². The zero-order chi connectivity index (χ0) is 30.8. The van der Waals surface area contributed by atoms with E-state index in [4.69, 9.17) is 23.2 Å². The van der Waals surface area contributed by atoms with E-state index in [0.717, 1.165) is 10.9 Å². The summed E-state index contributed by atoms with van der Waals surface area (Å²) in [5.74, 6) is -1.08. The molecule has 1 aromatic heterocycles. The Morgan fingerprint density at radius 1 is 0.953 bits per heavy atom. The van der Waals surface area contributed by atoms with Crippen LogP contribution >= 0.6 is 23.2 Å². The van der Waals surface area contributed by atoms with E-state index < -0.39 is 27.4 Å². The van der Waals surface area contributed by atoms with E-state index in [9.17, 15) is 22.8 Å². The Labute approximate surface area is 260 Å². The number of carbonyl (C=O) groups excluding carboxylic acids is 3. The third-order valence-electron chi connectivity index (χ3n) is 8.68. The quantitative estimate of drug-likeness (QED) is 0.423. The molecule has 0 aliphatic carbocycles. The molecule has 43 heavy (non-hydrogen) atoms. The number of hydrogen-bond acceptors (Lipinski definition) is 5. The lowest BCUT2D eigenvalue weighted by Crippen LogP contribution is -2.61. The number of aromatic amines is 1. The summed E-state index contributed by atoms with van der Waals surface area (Å²) in [5, 5.41) is 4.24. The van der Waals surface area contributed by atoms with E-state index in [-0.39, 0.29) is 52.8 Å². The van der Waals surface area contributed by atoms with Gasteiger partial charge in [-0.15, -0.1) is 0 Å². The van der Waals surface area contributed by atoms with Gasteiger partial charge in [-0.2, -0.15) is 4.31 Å². The van der Waals surface area contributed by atoms with Gasteiger partial charge in [0.1, 0.15) is 16.6 Å². The summed E-state index contributed by atoms with van der Waals surface area (Å²) in [7, 11) is -3.85. The highest BCUT2D eigenvalue weighted by atomic mass is 35.5. The fourth-order valence-corrected chi connectivity index (χ4v) is 8.55. The van der Waals surface area contributed by atoms with Crippen molar-refractivity contribution in [3.8, 4) is 0 Å². The van der Waals surface area contributed by atoms with Gasteiger partial charge < -0.3 is 20.1 Å². The van der Waals surface area contributed by atoms with Gasteiger partial charge in [0.05, 0.1) is 23.0 Å². The number of sulfonamides is 1. The van der Waals surface area contributed by atoms with Crippen molar-refractivity contribution in [1.29, 1.82) is 0 Å². The zero-order valence-electron chi connectivity index (χ0n) is 24.0. The van der Waals surface area contributed by atoms with Crippen molar-refractivity contribution >= 4 is 61.8 Å². The molecule has 3 fully saturated rings. The highest BCUT2D eigenvalue weighted by molar-refractivity contribution is 7.89. The van der Waals surface area contributed by atoms with Gasteiger partial charge >= 0.3 is 0 Å². The number of amides is 3. The average molecular weight is 647 g/mol. The average Bonchev–Trinajstić information content (AvgIpc) is 3.63. The summed E-state index contributed by atoms with van der Waals surface area (Å²) in [6, 6.07) is 12.5. The van der Waals surface area contributed by atoms with Crippen LogP contribution in [0.15, 0.2) is 53.4 Å². The Hall–Kier alpha value is -3.12. The zero-order valence-corrected chi connectivity index (χ0v) is 26.3. The molecule has 3 aromatic rings. The van der Waals surface area contributed by atoms with E-state index >= 15 is 0 Å². The van der Waals surface area contributed by atoms with Gasteiger partial charge in [0.2, 0.25) is 21.8 Å². The molecule has 3 aliphatic heterocycles. The minimum Gasteiger partial charge on any atom is -0.351 e. The number of fused-ring (bicyclic) bond motifs is 3. The molecule has 3 saturated heterocycles. The summed E-state index contributed by atoms with van der Waals surface area (Å²) in [6.45, 7) is 6.65. The molecule has 2 aromatic carbocycles. The number of H-pyrrole nitrogens is 1. The summed E-state index contributed by atoms with van der Waals surface area (Å²) in [5.41, 5.74) is 0.677. The normalized spacial score (nSPS) is 21.7. The maximum Gasteiger partial charge on any atom is 0.268 e. The van der Waals surface area contributed by atoms with E-state index in [2.05, 4.69) is 10.3 Å². The van der Waals surface area contributed by atoms with Crippen LogP contribution in [0, 0.1) is 11.3 Å². The highest BCUT2D eigenvalue weighted by Crippen LogP contribution is 2.37. The molecule has 2 bridgehead atoms. The van der Waals surface area contributed by atoms with Gasteiger partial charge in [0, 0.05) is 42.1 Å². The van der Waals surface area contributed by atoms with Crippen LogP contribution in [-0.2, 0) is 19.6 Å². The van der Waals surface area contributed by atoms with Crippen LogP contribution in [0.2, 0.25) is 10.0 Å². The molecule has 6 rings (SSSR count). The number of carbonyl (C=O) groups is 3. The Morgan fingerprint density at radius 2 is 1.63 bits per heavy atom. The largest absolute Gasteiger partial charge is 0.351 e. The molecule has 0 unspecified atom stereocenters. The molecule has 3 aliphatic rings. The van der Waals surface area contributed by atoms with E-state index in [1.807, 2.05) is 45.0 Å². The van der Waals surface area contributed by atoms with Crippen molar-refractivity contribution in [2.75, 3.05) is 26.2 Å². The molecule has 2 N–H and O–H groups in total. The predicted molar refractivity (Wildman–Crippen MR) is 163 cm³/mol. The Morgan fingerprint density at radius 3 is 2.26 bits per heavy atom. The minimum atomic E-state index is -3.85. The van der Waals surface area contributed by atoms with E-state index in [1.165, 1.54) is 22.5 Å². The molecule has 228 valence electrons. The van der Waals surface area contributed by atoms with Crippen LogP contribution in [0.3, 0.4) is 0 Å². The number of aromatic nitrogens is 1. The fraction of sp³-hybridized carbons (Fsp3) is 0.433. The van der Waals surface area contributed by atoms with Crippen molar-refractivity contribution in [2.24, 2.45) is 11.3 Å². The second-order valence-electron chi connectivity index (χ2n) is 12.7. The lowest BCUT2D eigenvalue weighted by atomic mass is 9.85. The van der Waals surface area contributed by atoms with Gasteiger partial charge in [-0.25, -0.2) is 8.42 Å². The molecular weight excluding hydrogens is 613 g/mol. The summed E-state index contributed by atoms with van der Waals surface area (Å²) in [6.07, 6.45) is 0.652. The number of hydrogen-bond donors (Lipinski definition) is 2. The fourth-order valence-electron chi connectivity index (χ4n) is 6.27. The first-order valence-electron chi connectivity index (χ1n) is 14.2. The Balaban J connectivity index is 1.08. The van der Waals surface area contributed by atoms with Crippen molar-refractivity contribution < 1.29 is 22.8 Å². The summed E-state index contributed by atoms with van der Waals surface area (Å²) >= 11 is 12.0. The van der Waals surface area contributed by atoms with Crippen molar-refractivity contribution in [3.63, 3.8) is 0 Å². The second-order valence-corrected chi connectivity index (χ2v) is 15.4. The van der Waals surface area contributed by atoms with Gasteiger partial charge in [-0.3, -0.25) is 14.4 Å². The number of rotatable bonds is 6. The van der Waals surface area contributed by atoms with Gasteiger partial charge in [-0.05, 0) is 42.2 Å². The maximum atomic E-state index is 13.8. The van der Waals surface area contributed by atoms with Crippen LogP contribution in [0.5, 0.6) is 0 Å². The molecule has 0 spiro atoms. The molecule has 13 heteroatoms. The first-order valence-corrected chi connectivity index (χ1v) is 16.4. The maximum absolute atomic E-state index is 13.8. The van der Waals surface area contributed by atoms with E-state index in [1.54, 1.807) is 15.9 Å². The van der Waals surface area contributed by atoms with Crippen LogP contribution in [0.25, 0.3) is 10.9 Å². The monoisotopic (exact) mass is 645 g/mol. The minimum absolute atomic E-state index is 0.0370. The molecule has 10 nitrogen and oxygen atoms in total. The summed E-state index contributed by atoms with van der Waals surface area (Å²) in [4.78, 5) is 47.1. The van der Waals surface area contributed by atoms with Crippen molar-refractivity contribution in [2.45, 2.75) is 50.2 Å². The lowest BCUT2D eigenvalue weighted by Gasteiger charge is -2.43. The number of para-hydroxylation sites is 1. The molecule has 0 saturated carbocycles. The third kappa shape index (κ3) is 5.41. The van der Waals surface area contributed by atoms with Crippen molar-refractivity contribution in [3.05, 3.63) is 64.3 Å². The smallest absolute Gasteiger partial charge is 0.268 e. The number of nitrogens with zero attached hydrogens (tertiary/aromatic N) is 3. The molecule has 3 amide bonds. The first kappa shape index (κ1) is 29.9. The topological polar surface area (TPSA) is 123 Å². The van der Waals surface area contributed by atoms with Gasteiger partial charge in [-0.1, -0.05) is 62.2 Å². The molecular formula is C30H33Cl2N5O5S. The van der Waals surface area contributed by atoms with Crippen LogP contribution in [0.1, 0.15) is 37.7 Å². The van der Waals surface area contributed by atoms with Gasteiger partial charge in [0.25, 0.3) is 5.91 Å². The standard InChI is InChI=1S/C30H33Cl2N5O5S/c1-30(2,3)26(34-27(38)24-10-17-6-4-5-7-23(17)33-24)29(40)37-16-20-12-21(37)15-36(20)28(39)18-13-35(14-18)43(41,42)25-9-8-19(31)11-22(25)32/h4-11,18,20-21,26,33H,12-16H2,1-3H3,(H,34,38)/t20-,21-,26+/m0/s1. The van der Waals surface area contributed by atoms with Crippen LogP contribution < -0.4 is 5.32 Å². The summed E-state index contributed by atoms with van der Waals surface area (Å²) < 4.78 is 27.3. The predicted octanol–water partition coefficient (Wildman–Crippen LogP) is 3.75. The second kappa shape index (κ2) is 10.8. The third-order valence-corrected chi connectivity index (χ3v) is 11.2. The molecule has 4 heterocycles. The number of piperazine rings is 1. The van der Waals surface area contributed by atoms with Gasteiger partial charge in [0.15, 0.2) is 0 Å². The number of benzene rings is 2. The number of nitrogens with one attached hydrogen (secondary N) is 2. The highest BCUT2D eigenvalue weighted by Gasteiger charge is 2.52. The van der Waals surface area contributed by atoms with Crippen LogP contribution in [-0.4, -0.2) is 89.5 Å². The number of likely N-dealkylation sites (tertiary alicyclic amines) is 2. The Kier molecular flexibility index (Phi) is 7.52. The Bertz CT molecular complexity index is 1700. The van der Waals surface area contributed by atoms with E-state index in [0.29, 0.717) is 30.2 Å². The SMILES string of the molecule is CC(C)(C)[C@H](NC(=O)c1cc2ccccc2[nH]1)C(=O)N1C[C@@H]2C[C@H]1CN2C(=O)C1CN(S(=O)(=O)c2ccc(Cl)cc2Cl)C1.